The predicted molar refractivity (Wildman–Crippen MR) is 83.3 cm³/mol. The third kappa shape index (κ3) is 3.11. The maximum Gasteiger partial charge on any atom is 0.339 e. The van der Waals surface area contributed by atoms with Crippen molar-refractivity contribution >= 4 is 17.1 Å². The second kappa shape index (κ2) is 6.28. The molecule has 0 aliphatic carbocycles. The van der Waals surface area contributed by atoms with Crippen molar-refractivity contribution in [3.63, 3.8) is 0 Å². The molecule has 0 unspecified atom stereocenters. The van der Waals surface area contributed by atoms with Gasteiger partial charge in [-0.2, -0.15) is 0 Å². The second-order valence-electron chi connectivity index (χ2n) is 4.85. The van der Waals surface area contributed by atoms with Crippen LogP contribution in [-0.2, 0) is 14.1 Å². The lowest BCUT2D eigenvalue weighted by Gasteiger charge is -1.97. The van der Waals surface area contributed by atoms with Gasteiger partial charge in [0.2, 0.25) is 0 Å². The lowest BCUT2D eigenvalue weighted by Crippen LogP contribution is -2.28. The maximum absolute atomic E-state index is 11.3. The molecule has 3 rings (SSSR count). The number of aromatic hydroxyl groups is 2. The molecule has 0 aliphatic heterocycles. The van der Waals surface area contributed by atoms with Gasteiger partial charge in [0.1, 0.15) is 17.1 Å². The number of aryl methyl sites for hydroxylation is 2. The fourth-order valence-electron chi connectivity index (χ4n) is 1.96. The van der Waals surface area contributed by atoms with Gasteiger partial charge in [0.05, 0.1) is 6.33 Å². The maximum atomic E-state index is 11.3. The molecule has 0 saturated carbocycles. The molecule has 0 saturated heterocycles. The van der Waals surface area contributed by atoms with Crippen LogP contribution in [0.1, 0.15) is 10.4 Å². The molecule has 2 aromatic heterocycles. The lowest BCUT2D eigenvalue weighted by molar-refractivity contribution is 0.0693. The number of hydrogen-bond acceptors (Lipinski definition) is 6. The molecule has 0 amide bonds. The highest BCUT2D eigenvalue weighted by Crippen LogP contribution is 2.21. The number of nitrogens with one attached hydrogen (secondary N) is 1. The first-order valence-electron chi connectivity index (χ1n) is 6.58. The van der Waals surface area contributed by atoms with Crippen molar-refractivity contribution in [1.29, 1.82) is 0 Å². The highest BCUT2D eigenvalue weighted by molar-refractivity contribution is 5.90. The molecular weight excluding hydrogens is 320 g/mol. The van der Waals surface area contributed by atoms with Crippen LogP contribution in [0.15, 0.2) is 34.1 Å². The molecule has 10 heteroatoms. The van der Waals surface area contributed by atoms with Crippen LogP contribution < -0.4 is 11.2 Å². The molecule has 0 atom stereocenters. The van der Waals surface area contributed by atoms with Crippen LogP contribution in [0.5, 0.6) is 11.5 Å². The number of rotatable bonds is 1. The first-order valence-corrected chi connectivity index (χ1v) is 6.58. The van der Waals surface area contributed by atoms with Crippen molar-refractivity contribution in [3.05, 3.63) is 50.9 Å². The summed E-state index contributed by atoms with van der Waals surface area (Å²) in [5.74, 6) is -1.81. The first kappa shape index (κ1) is 16.8. The van der Waals surface area contributed by atoms with E-state index in [0.717, 1.165) is 12.1 Å². The number of phenols is 2. The Labute approximate surface area is 133 Å². The Bertz CT molecular complexity index is 1030. The van der Waals surface area contributed by atoms with Gasteiger partial charge in [0.15, 0.2) is 11.2 Å². The van der Waals surface area contributed by atoms with Gasteiger partial charge in [-0.05, 0) is 12.1 Å². The molecule has 4 N–H and O–H groups in total. The van der Waals surface area contributed by atoms with Crippen LogP contribution in [0, 0.1) is 0 Å². The Kier molecular flexibility index (Phi) is 4.40. The molecule has 1 aromatic carbocycles. The molecule has 0 spiro atoms. The summed E-state index contributed by atoms with van der Waals surface area (Å²) in [5, 5.41) is 26.1. The highest BCUT2D eigenvalue weighted by atomic mass is 16.4. The number of fused-ring (bicyclic) bond motifs is 1. The summed E-state index contributed by atoms with van der Waals surface area (Å²) in [7, 11) is 3.27. The number of hydrogen-bond donors (Lipinski definition) is 4. The van der Waals surface area contributed by atoms with Gasteiger partial charge in [0, 0.05) is 20.2 Å². The van der Waals surface area contributed by atoms with Crippen LogP contribution in [0.3, 0.4) is 0 Å². The normalized spacial score (nSPS) is 10.2. The number of carboxylic acid groups (broad SMARTS) is 1. The van der Waals surface area contributed by atoms with Gasteiger partial charge in [-0.15, -0.1) is 0 Å². The number of H-pyrrole nitrogens is 1. The van der Waals surface area contributed by atoms with Crippen LogP contribution in [0.2, 0.25) is 0 Å². The quantitative estimate of drug-likeness (QED) is 0.479. The van der Waals surface area contributed by atoms with Gasteiger partial charge in [0.25, 0.3) is 5.56 Å². The summed E-state index contributed by atoms with van der Waals surface area (Å²) in [6.07, 6.45) is 1.50. The van der Waals surface area contributed by atoms with Crippen LogP contribution in [0.4, 0.5) is 0 Å². The monoisotopic (exact) mass is 334 g/mol. The average Bonchev–Trinajstić information content (AvgIpc) is 2.87. The molecular formula is C14H14N4O6. The van der Waals surface area contributed by atoms with E-state index in [1.807, 2.05) is 0 Å². The lowest BCUT2D eigenvalue weighted by atomic mass is 10.2. The minimum absolute atomic E-state index is 0.160. The Hall–Kier alpha value is -3.56. The van der Waals surface area contributed by atoms with E-state index in [0.29, 0.717) is 11.2 Å². The molecule has 10 nitrogen and oxygen atoms in total. The zero-order valence-electron chi connectivity index (χ0n) is 12.7. The minimum Gasteiger partial charge on any atom is -0.508 e. The molecule has 0 radical (unpaired) electrons. The van der Waals surface area contributed by atoms with Gasteiger partial charge < -0.3 is 19.9 Å². The number of carboxylic acids is 1. The van der Waals surface area contributed by atoms with Crippen LogP contribution in [-0.4, -0.2) is 40.4 Å². The van der Waals surface area contributed by atoms with Gasteiger partial charge in [-0.1, -0.05) is 0 Å². The van der Waals surface area contributed by atoms with Crippen molar-refractivity contribution in [1.82, 2.24) is 19.1 Å². The number of aromatic carboxylic acids is 1. The first-order chi connectivity index (χ1) is 11.2. The van der Waals surface area contributed by atoms with Gasteiger partial charge >= 0.3 is 11.7 Å². The molecule has 2 heterocycles. The number of aromatic nitrogens is 4. The van der Waals surface area contributed by atoms with E-state index in [2.05, 4.69) is 9.97 Å². The third-order valence-electron chi connectivity index (χ3n) is 3.19. The van der Waals surface area contributed by atoms with E-state index in [1.54, 1.807) is 18.7 Å². The SMILES string of the molecule is Cn1cnc2c1c(=O)[nH]c(=O)n2C.O=C(O)c1ccc(O)cc1O. The minimum atomic E-state index is -1.22. The average molecular weight is 334 g/mol. The summed E-state index contributed by atoms with van der Waals surface area (Å²) >= 11 is 0. The highest BCUT2D eigenvalue weighted by Gasteiger charge is 2.09. The van der Waals surface area contributed by atoms with Gasteiger partial charge in [-0.25, -0.2) is 14.6 Å². The number of phenolic OH excluding ortho intramolecular Hbond substituents is 1. The smallest absolute Gasteiger partial charge is 0.339 e. The number of nitrogens with zero attached hydrogens (tertiary/aromatic N) is 3. The number of benzene rings is 1. The standard InChI is InChI=1S/C7H8N4O2.C7H6O4/c1-10-3-8-5-4(10)6(12)9-7(13)11(5)2;8-4-1-2-5(7(10)11)6(9)3-4/h3H,1-2H3,(H,9,12,13);1-3,8-9H,(H,10,11). The molecule has 126 valence electrons. The van der Waals surface area contributed by atoms with E-state index in [4.69, 9.17) is 15.3 Å². The third-order valence-corrected chi connectivity index (χ3v) is 3.19. The second-order valence-corrected chi connectivity index (χ2v) is 4.85. The largest absolute Gasteiger partial charge is 0.508 e. The van der Waals surface area contributed by atoms with E-state index >= 15 is 0 Å². The molecule has 24 heavy (non-hydrogen) atoms. The molecule has 0 fully saturated rings. The summed E-state index contributed by atoms with van der Waals surface area (Å²) in [5.41, 5.74) is -0.268. The summed E-state index contributed by atoms with van der Waals surface area (Å²) in [4.78, 5) is 38.9. The van der Waals surface area contributed by atoms with Crippen molar-refractivity contribution in [2.24, 2.45) is 14.1 Å². The summed E-state index contributed by atoms with van der Waals surface area (Å²) < 4.78 is 2.88. The number of aromatic amines is 1. The fourth-order valence-corrected chi connectivity index (χ4v) is 1.96. The van der Waals surface area contributed by atoms with Crippen LogP contribution in [0.25, 0.3) is 11.2 Å². The predicted octanol–water partition coefficient (Wildman–Crippen LogP) is -0.244. The molecule has 0 bridgehead atoms. The molecule has 0 aliphatic rings. The fraction of sp³-hybridized carbons (Fsp3) is 0.143. The van der Waals surface area contributed by atoms with Crippen molar-refractivity contribution in [2.45, 2.75) is 0 Å². The van der Waals surface area contributed by atoms with Crippen LogP contribution >= 0.6 is 0 Å². The zero-order valence-corrected chi connectivity index (χ0v) is 12.7. The number of carbonyl (C=O) groups is 1. The Balaban J connectivity index is 0.000000177. The zero-order chi connectivity index (χ0) is 18.0. The van der Waals surface area contributed by atoms with Crippen molar-refractivity contribution in [3.8, 4) is 11.5 Å². The van der Waals surface area contributed by atoms with Gasteiger partial charge in [-0.3, -0.25) is 14.3 Å². The topological polar surface area (TPSA) is 150 Å². The number of imidazole rings is 1. The van der Waals surface area contributed by atoms with E-state index in [9.17, 15) is 14.4 Å². The summed E-state index contributed by atoms with van der Waals surface area (Å²) in [6.45, 7) is 0. The Morgan fingerprint density at radius 2 is 1.88 bits per heavy atom. The Morgan fingerprint density at radius 3 is 2.46 bits per heavy atom. The molecule has 3 aromatic rings. The Morgan fingerprint density at radius 1 is 1.21 bits per heavy atom. The summed E-state index contributed by atoms with van der Waals surface area (Å²) in [6, 6.07) is 3.31. The van der Waals surface area contributed by atoms with Crippen molar-refractivity contribution < 1.29 is 20.1 Å². The van der Waals surface area contributed by atoms with E-state index in [-0.39, 0.29) is 11.3 Å². The van der Waals surface area contributed by atoms with E-state index in [1.165, 1.54) is 17.0 Å². The van der Waals surface area contributed by atoms with Crippen molar-refractivity contribution in [2.75, 3.05) is 0 Å². The van der Waals surface area contributed by atoms with E-state index < -0.39 is 23.0 Å².